The molecular formula is C19H15FN6O2. The van der Waals surface area contributed by atoms with Crippen LogP contribution in [0, 0.1) is 5.82 Å². The van der Waals surface area contributed by atoms with Gasteiger partial charge in [0.2, 0.25) is 5.82 Å². The van der Waals surface area contributed by atoms with Crippen LogP contribution in [-0.4, -0.2) is 29.5 Å². The predicted molar refractivity (Wildman–Crippen MR) is 96.4 cm³/mol. The summed E-state index contributed by atoms with van der Waals surface area (Å²) in [6, 6.07) is 6.21. The van der Waals surface area contributed by atoms with Crippen molar-refractivity contribution < 1.29 is 8.91 Å². The average Bonchev–Trinajstić information content (AvgIpc) is 3.41. The third-order valence-corrected chi connectivity index (χ3v) is 4.87. The number of fused-ring (bicyclic) bond motifs is 1. The molecule has 3 aromatic heterocycles. The van der Waals surface area contributed by atoms with E-state index >= 15 is 0 Å². The van der Waals surface area contributed by atoms with E-state index in [1.54, 1.807) is 18.3 Å². The number of nitrogens with zero attached hydrogens (tertiary/aromatic N) is 6. The maximum Gasteiger partial charge on any atom is 0.442 e. The minimum absolute atomic E-state index is 0.213. The number of hydrogen-bond acceptors (Lipinski definition) is 6. The Morgan fingerprint density at radius 2 is 2.00 bits per heavy atom. The Hall–Kier alpha value is -3.62. The molecule has 0 bridgehead atoms. The molecule has 140 valence electrons. The third-order valence-electron chi connectivity index (χ3n) is 4.87. The summed E-state index contributed by atoms with van der Waals surface area (Å²) < 4.78 is 21.4. The van der Waals surface area contributed by atoms with Crippen molar-refractivity contribution in [2.75, 3.05) is 0 Å². The van der Waals surface area contributed by atoms with E-state index in [0.717, 1.165) is 41.9 Å². The molecule has 8 nitrogen and oxygen atoms in total. The molecule has 0 unspecified atom stereocenters. The van der Waals surface area contributed by atoms with Crippen LogP contribution in [0.3, 0.4) is 0 Å². The number of halogens is 1. The maximum atomic E-state index is 13.3. The Morgan fingerprint density at radius 1 is 1.14 bits per heavy atom. The first-order valence-electron chi connectivity index (χ1n) is 8.89. The minimum Gasteiger partial charge on any atom is -0.295 e. The summed E-state index contributed by atoms with van der Waals surface area (Å²) in [5, 5.41) is 8.56. The Kier molecular flexibility index (Phi) is 3.85. The van der Waals surface area contributed by atoms with Crippen LogP contribution in [0.5, 0.6) is 0 Å². The van der Waals surface area contributed by atoms with Gasteiger partial charge in [-0.25, -0.2) is 23.4 Å². The van der Waals surface area contributed by atoms with Crippen molar-refractivity contribution in [2.45, 2.75) is 25.8 Å². The van der Waals surface area contributed by atoms with Gasteiger partial charge in [-0.3, -0.25) is 9.51 Å². The lowest BCUT2D eigenvalue weighted by Gasteiger charge is -2.05. The summed E-state index contributed by atoms with van der Waals surface area (Å²) in [7, 11) is 0. The van der Waals surface area contributed by atoms with Crippen LogP contribution in [0.1, 0.15) is 23.4 Å². The maximum absolute atomic E-state index is 13.3. The highest BCUT2D eigenvalue weighted by molar-refractivity contribution is 5.47. The first-order valence-corrected chi connectivity index (χ1v) is 8.89. The molecule has 0 saturated carbocycles. The highest BCUT2D eigenvalue weighted by atomic mass is 19.1. The average molecular weight is 378 g/mol. The normalized spacial score (nSPS) is 13.0. The van der Waals surface area contributed by atoms with Crippen molar-refractivity contribution >= 4 is 0 Å². The van der Waals surface area contributed by atoms with Crippen LogP contribution in [0.15, 0.2) is 52.2 Å². The van der Waals surface area contributed by atoms with Crippen LogP contribution in [0.25, 0.3) is 17.2 Å². The van der Waals surface area contributed by atoms with Crippen LogP contribution >= 0.6 is 0 Å². The van der Waals surface area contributed by atoms with Crippen molar-refractivity contribution in [1.29, 1.82) is 0 Å². The van der Waals surface area contributed by atoms with E-state index in [4.69, 9.17) is 9.62 Å². The van der Waals surface area contributed by atoms with E-state index in [2.05, 4.69) is 15.1 Å². The Morgan fingerprint density at radius 3 is 2.79 bits per heavy atom. The first-order chi connectivity index (χ1) is 13.7. The Bertz CT molecular complexity index is 1190. The highest BCUT2D eigenvalue weighted by Crippen LogP contribution is 2.28. The molecule has 3 heterocycles. The highest BCUT2D eigenvalue weighted by Gasteiger charge is 2.25. The lowest BCUT2D eigenvalue weighted by atomic mass is 10.2. The van der Waals surface area contributed by atoms with E-state index in [1.165, 1.54) is 29.1 Å². The monoisotopic (exact) mass is 378 g/mol. The smallest absolute Gasteiger partial charge is 0.295 e. The zero-order valence-electron chi connectivity index (χ0n) is 14.7. The largest absolute Gasteiger partial charge is 0.442 e. The number of hydrogen-bond donors (Lipinski definition) is 0. The SMILES string of the molecule is O=c1onc(-c2cnccn2)n1Cc1nn(-c2ccc(F)cc2)c2c1CCC2. The van der Waals surface area contributed by atoms with E-state index in [0.29, 0.717) is 11.5 Å². The summed E-state index contributed by atoms with van der Waals surface area (Å²) in [6.45, 7) is 0.213. The fourth-order valence-electron chi connectivity index (χ4n) is 3.59. The molecule has 0 aliphatic heterocycles. The summed E-state index contributed by atoms with van der Waals surface area (Å²) in [5.41, 5.74) is 4.21. The lowest BCUT2D eigenvalue weighted by Crippen LogP contribution is -2.18. The van der Waals surface area contributed by atoms with Crippen molar-refractivity contribution in [2.24, 2.45) is 0 Å². The second kappa shape index (κ2) is 6.52. The topological polar surface area (TPSA) is 91.6 Å². The summed E-state index contributed by atoms with van der Waals surface area (Å²) in [4.78, 5) is 20.5. The van der Waals surface area contributed by atoms with Gasteiger partial charge < -0.3 is 0 Å². The molecule has 1 aliphatic carbocycles. The second-order valence-electron chi connectivity index (χ2n) is 6.56. The van der Waals surface area contributed by atoms with Gasteiger partial charge in [0.1, 0.15) is 11.5 Å². The number of rotatable bonds is 4. The van der Waals surface area contributed by atoms with Gasteiger partial charge in [0.25, 0.3) is 0 Å². The Labute approximate surface area is 158 Å². The molecule has 0 spiro atoms. The number of benzene rings is 1. The molecule has 1 aromatic carbocycles. The van der Waals surface area contributed by atoms with Crippen molar-refractivity contribution in [3.05, 3.63) is 76.2 Å². The van der Waals surface area contributed by atoms with Gasteiger partial charge in [0, 0.05) is 18.1 Å². The molecule has 0 atom stereocenters. The van der Waals surface area contributed by atoms with Crippen molar-refractivity contribution in [3.63, 3.8) is 0 Å². The molecule has 9 heteroatoms. The van der Waals surface area contributed by atoms with E-state index < -0.39 is 5.76 Å². The molecule has 0 saturated heterocycles. The van der Waals surface area contributed by atoms with E-state index in [-0.39, 0.29) is 12.4 Å². The van der Waals surface area contributed by atoms with Gasteiger partial charge in [-0.2, -0.15) is 5.10 Å². The van der Waals surface area contributed by atoms with E-state index in [9.17, 15) is 9.18 Å². The van der Waals surface area contributed by atoms with E-state index in [1.807, 2.05) is 4.68 Å². The molecule has 0 radical (unpaired) electrons. The van der Waals surface area contributed by atoms with Crippen LogP contribution in [-0.2, 0) is 19.4 Å². The minimum atomic E-state index is -0.580. The molecule has 0 amide bonds. The van der Waals surface area contributed by atoms with Crippen molar-refractivity contribution in [3.8, 4) is 17.2 Å². The van der Waals surface area contributed by atoms with Crippen LogP contribution in [0.2, 0.25) is 0 Å². The molecule has 4 aromatic rings. The van der Waals surface area contributed by atoms with Gasteiger partial charge in [0.15, 0.2) is 0 Å². The zero-order chi connectivity index (χ0) is 19.1. The molecule has 28 heavy (non-hydrogen) atoms. The van der Waals surface area contributed by atoms with Gasteiger partial charge in [0.05, 0.1) is 24.1 Å². The first kappa shape index (κ1) is 16.5. The molecule has 5 rings (SSSR count). The molecule has 0 N–H and O–H groups in total. The molecule has 0 fully saturated rings. The fourth-order valence-corrected chi connectivity index (χ4v) is 3.59. The fraction of sp³-hybridized carbons (Fsp3) is 0.211. The molecule has 1 aliphatic rings. The van der Waals surface area contributed by atoms with Gasteiger partial charge in [-0.1, -0.05) is 5.16 Å². The second-order valence-corrected chi connectivity index (χ2v) is 6.56. The lowest BCUT2D eigenvalue weighted by molar-refractivity contribution is 0.377. The van der Waals surface area contributed by atoms with Crippen LogP contribution in [0.4, 0.5) is 4.39 Å². The Balaban J connectivity index is 1.58. The summed E-state index contributed by atoms with van der Waals surface area (Å²) >= 11 is 0. The van der Waals surface area contributed by atoms with Crippen LogP contribution < -0.4 is 5.76 Å². The number of aromatic nitrogens is 6. The van der Waals surface area contributed by atoms with Gasteiger partial charge in [-0.05, 0) is 49.1 Å². The zero-order valence-corrected chi connectivity index (χ0v) is 14.7. The standard InChI is InChI=1S/C19H15FN6O2/c20-12-4-6-13(7-5-12)26-17-3-1-2-14(17)16(23-26)11-25-18(24-28-19(25)27)15-10-21-8-9-22-15/h4-10H,1-3,11H2. The van der Waals surface area contributed by atoms with Crippen molar-refractivity contribution in [1.82, 2.24) is 29.5 Å². The quantitative estimate of drug-likeness (QED) is 0.540. The predicted octanol–water partition coefficient (Wildman–Crippen LogP) is 2.16. The third kappa shape index (κ3) is 2.72. The van der Waals surface area contributed by atoms with Gasteiger partial charge in [-0.15, -0.1) is 0 Å². The summed E-state index contributed by atoms with van der Waals surface area (Å²) in [6.07, 6.45) is 7.37. The van der Waals surface area contributed by atoms with Gasteiger partial charge >= 0.3 is 5.76 Å². The summed E-state index contributed by atoms with van der Waals surface area (Å²) in [5.74, 6) is -0.567. The molecular weight excluding hydrogens is 363 g/mol.